The van der Waals surface area contributed by atoms with Crippen molar-refractivity contribution in [2.24, 2.45) is 0 Å². The van der Waals surface area contributed by atoms with Crippen LogP contribution in [0.15, 0.2) is 47.0 Å². The molecule has 0 aliphatic rings. The highest BCUT2D eigenvalue weighted by molar-refractivity contribution is 5.55. The van der Waals surface area contributed by atoms with Crippen molar-refractivity contribution in [2.45, 2.75) is 26.9 Å². The minimum atomic E-state index is -0.436. The summed E-state index contributed by atoms with van der Waals surface area (Å²) in [6.45, 7) is 6.05. The Kier molecular flexibility index (Phi) is 4.97. The Balaban J connectivity index is 1.71. The van der Waals surface area contributed by atoms with Gasteiger partial charge in [-0.2, -0.15) is 4.98 Å². The van der Waals surface area contributed by atoms with E-state index in [0.717, 1.165) is 5.75 Å². The van der Waals surface area contributed by atoms with Crippen LogP contribution in [-0.2, 0) is 0 Å². The van der Waals surface area contributed by atoms with Gasteiger partial charge in [-0.25, -0.2) is 4.39 Å². The van der Waals surface area contributed by atoms with E-state index in [0.29, 0.717) is 35.2 Å². The van der Waals surface area contributed by atoms with Crippen LogP contribution in [0.25, 0.3) is 11.4 Å². The van der Waals surface area contributed by atoms with Gasteiger partial charge in [0, 0.05) is 5.56 Å². The van der Waals surface area contributed by atoms with Crippen molar-refractivity contribution in [3.05, 3.63) is 59.7 Å². The van der Waals surface area contributed by atoms with E-state index in [4.69, 9.17) is 14.0 Å². The van der Waals surface area contributed by atoms with Crippen molar-refractivity contribution in [2.75, 3.05) is 6.61 Å². The van der Waals surface area contributed by atoms with Gasteiger partial charge in [-0.3, -0.25) is 0 Å². The molecule has 1 heterocycles. The maximum absolute atomic E-state index is 13.7. The molecule has 2 aromatic carbocycles. The van der Waals surface area contributed by atoms with Crippen LogP contribution in [0.3, 0.4) is 0 Å². The molecule has 5 nitrogen and oxygen atoms in total. The number of benzene rings is 2. The van der Waals surface area contributed by atoms with E-state index in [2.05, 4.69) is 10.1 Å². The third-order valence-electron chi connectivity index (χ3n) is 3.67. The highest BCUT2D eigenvalue weighted by atomic mass is 19.1. The van der Waals surface area contributed by atoms with Gasteiger partial charge in [-0.1, -0.05) is 17.3 Å². The van der Waals surface area contributed by atoms with Crippen molar-refractivity contribution in [3.8, 4) is 22.9 Å². The van der Waals surface area contributed by atoms with Gasteiger partial charge in [0.05, 0.1) is 6.61 Å². The third kappa shape index (κ3) is 3.96. The first-order valence-electron chi connectivity index (χ1n) is 8.06. The van der Waals surface area contributed by atoms with Gasteiger partial charge in [0.1, 0.15) is 17.3 Å². The molecule has 1 unspecified atom stereocenters. The van der Waals surface area contributed by atoms with Crippen LogP contribution >= 0.6 is 0 Å². The second-order valence-corrected chi connectivity index (χ2v) is 5.58. The lowest BCUT2D eigenvalue weighted by Crippen LogP contribution is -2.03. The number of aryl methyl sites for hydroxylation is 1. The molecule has 0 aliphatic carbocycles. The van der Waals surface area contributed by atoms with Gasteiger partial charge in [0.2, 0.25) is 5.82 Å². The molecule has 6 heteroatoms. The Hall–Kier alpha value is -2.89. The molecular formula is C19H19FN2O3. The molecule has 130 valence electrons. The number of aromatic nitrogens is 2. The molecule has 0 aliphatic heterocycles. The normalized spacial score (nSPS) is 12.0. The molecule has 0 saturated carbocycles. The highest BCUT2D eigenvalue weighted by Gasteiger charge is 2.17. The first-order chi connectivity index (χ1) is 12.1. The Morgan fingerprint density at radius 3 is 2.52 bits per heavy atom. The zero-order chi connectivity index (χ0) is 17.8. The standard InChI is InChI=1S/C19H19FN2O3/c1-4-23-15-7-9-16(10-8-15)24-13(3)19-21-18(22-25-19)14-6-5-12(2)17(20)11-14/h5-11,13H,4H2,1-3H3. The Morgan fingerprint density at radius 1 is 1.12 bits per heavy atom. The molecule has 3 rings (SSSR count). The minimum absolute atomic E-state index is 0.303. The summed E-state index contributed by atoms with van der Waals surface area (Å²) in [6, 6.07) is 12.1. The van der Waals surface area contributed by atoms with Crippen LogP contribution in [0.5, 0.6) is 11.5 Å². The van der Waals surface area contributed by atoms with E-state index in [1.54, 1.807) is 19.1 Å². The van der Waals surface area contributed by atoms with Gasteiger partial charge < -0.3 is 14.0 Å². The van der Waals surface area contributed by atoms with Crippen molar-refractivity contribution in [1.29, 1.82) is 0 Å². The molecule has 0 spiro atoms. The van der Waals surface area contributed by atoms with Crippen LogP contribution in [0.4, 0.5) is 4.39 Å². The fourth-order valence-corrected chi connectivity index (χ4v) is 2.29. The lowest BCUT2D eigenvalue weighted by Gasteiger charge is -2.11. The topological polar surface area (TPSA) is 57.4 Å². The van der Waals surface area contributed by atoms with Crippen molar-refractivity contribution in [3.63, 3.8) is 0 Å². The highest BCUT2D eigenvalue weighted by Crippen LogP contribution is 2.25. The molecule has 1 aromatic heterocycles. The van der Waals surface area contributed by atoms with Gasteiger partial charge >= 0.3 is 0 Å². The van der Waals surface area contributed by atoms with Crippen molar-refractivity contribution < 1.29 is 18.4 Å². The monoisotopic (exact) mass is 342 g/mol. The van der Waals surface area contributed by atoms with Gasteiger partial charge in [-0.15, -0.1) is 0 Å². The number of hydrogen-bond acceptors (Lipinski definition) is 5. The maximum Gasteiger partial charge on any atom is 0.267 e. The number of rotatable bonds is 6. The number of ether oxygens (including phenoxy) is 2. The zero-order valence-electron chi connectivity index (χ0n) is 14.3. The predicted octanol–water partition coefficient (Wildman–Crippen LogP) is 4.72. The summed E-state index contributed by atoms with van der Waals surface area (Å²) < 4.78 is 30.1. The van der Waals surface area contributed by atoms with Crippen LogP contribution in [0, 0.1) is 12.7 Å². The lowest BCUT2D eigenvalue weighted by atomic mass is 10.1. The Bertz CT molecular complexity index is 846. The van der Waals surface area contributed by atoms with Gasteiger partial charge in [-0.05, 0) is 56.7 Å². The molecule has 3 aromatic rings. The average molecular weight is 342 g/mol. The predicted molar refractivity (Wildman–Crippen MR) is 91.1 cm³/mol. The third-order valence-corrected chi connectivity index (χ3v) is 3.67. The summed E-state index contributed by atoms with van der Waals surface area (Å²) in [5.74, 6) is 1.80. The van der Waals surface area contributed by atoms with Gasteiger partial charge in [0.25, 0.3) is 5.89 Å². The summed E-state index contributed by atoms with van der Waals surface area (Å²) >= 11 is 0. The molecule has 0 radical (unpaired) electrons. The average Bonchev–Trinajstić information content (AvgIpc) is 3.09. The zero-order valence-corrected chi connectivity index (χ0v) is 14.3. The Morgan fingerprint density at radius 2 is 1.84 bits per heavy atom. The molecule has 0 bridgehead atoms. The van der Waals surface area contributed by atoms with E-state index < -0.39 is 6.10 Å². The first kappa shape index (κ1) is 17.0. The van der Waals surface area contributed by atoms with E-state index in [1.807, 2.05) is 38.1 Å². The summed E-state index contributed by atoms with van der Waals surface area (Å²) in [5, 5.41) is 3.91. The molecule has 0 fully saturated rings. The molecule has 0 N–H and O–H groups in total. The number of hydrogen-bond donors (Lipinski definition) is 0. The minimum Gasteiger partial charge on any atom is -0.494 e. The summed E-state index contributed by atoms with van der Waals surface area (Å²) in [4.78, 5) is 4.30. The van der Waals surface area contributed by atoms with E-state index in [9.17, 15) is 4.39 Å². The summed E-state index contributed by atoms with van der Waals surface area (Å²) in [5.41, 5.74) is 1.13. The van der Waals surface area contributed by atoms with E-state index in [-0.39, 0.29) is 5.82 Å². The van der Waals surface area contributed by atoms with Crippen molar-refractivity contribution >= 4 is 0 Å². The lowest BCUT2D eigenvalue weighted by molar-refractivity contribution is 0.175. The van der Waals surface area contributed by atoms with Crippen LogP contribution < -0.4 is 9.47 Å². The fourth-order valence-electron chi connectivity index (χ4n) is 2.29. The van der Waals surface area contributed by atoms with Crippen LogP contribution in [-0.4, -0.2) is 16.7 Å². The van der Waals surface area contributed by atoms with Crippen LogP contribution in [0.2, 0.25) is 0 Å². The molecule has 0 amide bonds. The van der Waals surface area contributed by atoms with Crippen LogP contribution in [0.1, 0.15) is 31.4 Å². The SMILES string of the molecule is CCOc1ccc(OC(C)c2nc(-c3ccc(C)c(F)c3)no2)cc1. The summed E-state index contributed by atoms with van der Waals surface area (Å²) in [7, 11) is 0. The van der Waals surface area contributed by atoms with Gasteiger partial charge in [0.15, 0.2) is 6.10 Å². The summed E-state index contributed by atoms with van der Waals surface area (Å²) in [6.07, 6.45) is -0.436. The second kappa shape index (κ2) is 7.34. The molecular weight excluding hydrogens is 323 g/mol. The molecule has 25 heavy (non-hydrogen) atoms. The molecule has 0 saturated heterocycles. The van der Waals surface area contributed by atoms with E-state index >= 15 is 0 Å². The number of nitrogens with zero attached hydrogens (tertiary/aromatic N) is 2. The first-order valence-corrected chi connectivity index (χ1v) is 8.06. The largest absolute Gasteiger partial charge is 0.494 e. The quantitative estimate of drug-likeness (QED) is 0.648. The second-order valence-electron chi connectivity index (χ2n) is 5.58. The van der Waals surface area contributed by atoms with E-state index in [1.165, 1.54) is 6.07 Å². The molecule has 1 atom stereocenters. The number of halogens is 1. The smallest absolute Gasteiger partial charge is 0.267 e. The van der Waals surface area contributed by atoms with Crippen molar-refractivity contribution in [1.82, 2.24) is 10.1 Å². The maximum atomic E-state index is 13.7. The fraction of sp³-hybridized carbons (Fsp3) is 0.263. The Labute approximate surface area is 145 Å².